The molecule has 0 atom stereocenters. The van der Waals surface area contributed by atoms with E-state index in [0.29, 0.717) is 24.4 Å². The van der Waals surface area contributed by atoms with Gasteiger partial charge in [0, 0.05) is 6.54 Å². The normalized spacial score (nSPS) is 17.3. The van der Waals surface area contributed by atoms with Crippen molar-refractivity contribution in [2.75, 3.05) is 19.6 Å². The molecule has 2 heterocycles. The molecular weight excluding hydrogens is 290 g/mol. The second-order valence-electron chi connectivity index (χ2n) is 5.77. The number of rotatable bonds is 5. The van der Waals surface area contributed by atoms with Crippen LogP contribution < -0.4 is 11.2 Å². The SMILES string of the molecule is CCCc1c(Cl)[nH]c(=O)n(CC2CCN(CC)CC2)c1=O. The van der Waals surface area contributed by atoms with Gasteiger partial charge in [-0.05, 0) is 44.8 Å². The van der Waals surface area contributed by atoms with E-state index < -0.39 is 0 Å². The standard InChI is InChI=1S/C15H24ClN3O2/c1-3-5-12-13(16)17-15(21)19(14(12)20)10-11-6-8-18(4-2)9-7-11/h11H,3-10H2,1-2H3,(H,17,21). The third-order valence-corrected chi connectivity index (χ3v) is 4.65. The first-order valence-corrected chi connectivity index (χ1v) is 8.18. The Morgan fingerprint density at radius 2 is 1.90 bits per heavy atom. The van der Waals surface area contributed by atoms with E-state index in [0.717, 1.165) is 38.9 Å². The summed E-state index contributed by atoms with van der Waals surface area (Å²) < 4.78 is 1.34. The Morgan fingerprint density at radius 3 is 2.48 bits per heavy atom. The summed E-state index contributed by atoms with van der Waals surface area (Å²) in [5.41, 5.74) is -0.0731. The lowest BCUT2D eigenvalue weighted by Crippen LogP contribution is -2.42. The smallest absolute Gasteiger partial charge is 0.304 e. The Balaban J connectivity index is 2.19. The molecule has 0 radical (unpaired) electrons. The summed E-state index contributed by atoms with van der Waals surface area (Å²) in [6.45, 7) is 7.80. The van der Waals surface area contributed by atoms with Crippen LogP contribution in [0.5, 0.6) is 0 Å². The van der Waals surface area contributed by atoms with Crippen molar-refractivity contribution in [1.82, 2.24) is 14.5 Å². The number of halogens is 1. The van der Waals surface area contributed by atoms with Crippen molar-refractivity contribution >= 4 is 11.6 Å². The van der Waals surface area contributed by atoms with Gasteiger partial charge < -0.3 is 4.90 Å². The highest BCUT2D eigenvalue weighted by molar-refractivity contribution is 6.30. The maximum absolute atomic E-state index is 12.4. The number of aromatic amines is 1. The van der Waals surface area contributed by atoms with Gasteiger partial charge in [-0.2, -0.15) is 0 Å². The quantitative estimate of drug-likeness (QED) is 0.844. The summed E-state index contributed by atoms with van der Waals surface area (Å²) >= 11 is 5.99. The van der Waals surface area contributed by atoms with Crippen molar-refractivity contribution < 1.29 is 0 Å². The van der Waals surface area contributed by atoms with Gasteiger partial charge in [-0.25, -0.2) is 4.79 Å². The first-order chi connectivity index (χ1) is 10.1. The molecule has 1 aromatic rings. The van der Waals surface area contributed by atoms with Gasteiger partial charge in [0.2, 0.25) is 0 Å². The van der Waals surface area contributed by atoms with Crippen LogP contribution in [-0.4, -0.2) is 34.1 Å². The zero-order valence-electron chi connectivity index (χ0n) is 12.8. The Kier molecular flexibility index (Phi) is 5.65. The summed E-state index contributed by atoms with van der Waals surface area (Å²) in [7, 11) is 0. The highest BCUT2D eigenvalue weighted by atomic mass is 35.5. The van der Waals surface area contributed by atoms with Gasteiger partial charge in [0.25, 0.3) is 5.56 Å². The van der Waals surface area contributed by atoms with Gasteiger partial charge in [0.1, 0.15) is 5.15 Å². The van der Waals surface area contributed by atoms with E-state index in [1.54, 1.807) is 0 Å². The lowest BCUT2D eigenvalue weighted by atomic mass is 9.96. The fraction of sp³-hybridized carbons (Fsp3) is 0.733. The van der Waals surface area contributed by atoms with Crippen LogP contribution in [0.2, 0.25) is 5.15 Å². The molecule has 0 saturated carbocycles. The maximum atomic E-state index is 12.4. The van der Waals surface area contributed by atoms with Crippen LogP contribution in [0.4, 0.5) is 0 Å². The van der Waals surface area contributed by atoms with Crippen molar-refractivity contribution in [3.05, 3.63) is 31.6 Å². The minimum absolute atomic E-state index is 0.198. The van der Waals surface area contributed by atoms with Crippen molar-refractivity contribution in [2.24, 2.45) is 5.92 Å². The average molecular weight is 314 g/mol. The monoisotopic (exact) mass is 313 g/mol. The number of hydrogen-bond donors (Lipinski definition) is 1. The molecule has 0 bridgehead atoms. The first kappa shape index (κ1) is 16.3. The molecule has 1 aromatic heterocycles. The van der Waals surface area contributed by atoms with Gasteiger partial charge in [-0.3, -0.25) is 14.3 Å². The fourth-order valence-electron chi connectivity index (χ4n) is 2.96. The summed E-state index contributed by atoms with van der Waals surface area (Å²) in [6.07, 6.45) is 3.50. The van der Waals surface area contributed by atoms with Gasteiger partial charge in [-0.15, -0.1) is 0 Å². The van der Waals surface area contributed by atoms with Crippen molar-refractivity contribution in [2.45, 2.75) is 46.1 Å². The van der Waals surface area contributed by atoms with Gasteiger partial charge in [-0.1, -0.05) is 31.9 Å². The summed E-state index contributed by atoms with van der Waals surface area (Å²) in [5.74, 6) is 0.391. The number of nitrogens with zero attached hydrogens (tertiary/aromatic N) is 2. The Morgan fingerprint density at radius 1 is 1.24 bits per heavy atom. The predicted octanol–water partition coefficient (Wildman–Crippen LogP) is 1.87. The zero-order chi connectivity index (χ0) is 15.4. The van der Waals surface area contributed by atoms with Crippen LogP contribution in [0, 0.1) is 5.92 Å². The van der Waals surface area contributed by atoms with Gasteiger partial charge in [0.15, 0.2) is 0 Å². The molecule has 6 heteroatoms. The molecule has 0 spiro atoms. The van der Waals surface area contributed by atoms with Crippen molar-refractivity contribution in [3.63, 3.8) is 0 Å². The van der Waals surface area contributed by atoms with E-state index in [-0.39, 0.29) is 16.4 Å². The minimum Gasteiger partial charge on any atom is -0.304 e. The van der Waals surface area contributed by atoms with Crippen LogP contribution in [0.1, 0.15) is 38.7 Å². The van der Waals surface area contributed by atoms with Crippen LogP contribution in [0.25, 0.3) is 0 Å². The van der Waals surface area contributed by atoms with Gasteiger partial charge >= 0.3 is 5.69 Å². The first-order valence-electron chi connectivity index (χ1n) is 7.80. The molecule has 1 saturated heterocycles. The molecule has 0 aromatic carbocycles. The molecule has 0 aliphatic carbocycles. The van der Waals surface area contributed by atoms with Crippen molar-refractivity contribution in [3.8, 4) is 0 Å². The topological polar surface area (TPSA) is 58.1 Å². The Bertz CT molecular complexity index is 586. The third-order valence-electron chi connectivity index (χ3n) is 4.33. The molecule has 1 fully saturated rings. The van der Waals surface area contributed by atoms with E-state index >= 15 is 0 Å². The minimum atomic E-state index is -0.386. The van der Waals surface area contributed by atoms with Crippen LogP contribution in [-0.2, 0) is 13.0 Å². The molecule has 21 heavy (non-hydrogen) atoms. The number of piperidine rings is 1. The largest absolute Gasteiger partial charge is 0.329 e. The Labute approximate surface area is 129 Å². The highest BCUT2D eigenvalue weighted by Gasteiger charge is 2.21. The molecular formula is C15H24ClN3O2. The second kappa shape index (κ2) is 7.27. The van der Waals surface area contributed by atoms with Gasteiger partial charge in [0.05, 0.1) is 5.56 Å². The molecule has 0 unspecified atom stereocenters. The molecule has 0 amide bonds. The molecule has 118 valence electrons. The molecule has 1 aliphatic rings. The number of hydrogen-bond acceptors (Lipinski definition) is 3. The lowest BCUT2D eigenvalue weighted by Gasteiger charge is -2.31. The van der Waals surface area contributed by atoms with E-state index in [1.165, 1.54) is 4.57 Å². The Hall–Kier alpha value is -1.07. The van der Waals surface area contributed by atoms with Crippen molar-refractivity contribution in [1.29, 1.82) is 0 Å². The highest BCUT2D eigenvalue weighted by Crippen LogP contribution is 2.18. The number of H-pyrrole nitrogens is 1. The summed E-state index contributed by atoms with van der Waals surface area (Å²) in [4.78, 5) is 29.5. The molecule has 5 nitrogen and oxygen atoms in total. The zero-order valence-corrected chi connectivity index (χ0v) is 13.6. The number of nitrogens with one attached hydrogen (secondary N) is 1. The lowest BCUT2D eigenvalue weighted by molar-refractivity contribution is 0.179. The third kappa shape index (κ3) is 3.77. The van der Waals surface area contributed by atoms with E-state index in [4.69, 9.17) is 11.6 Å². The maximum Gasteiger partial charge on any atom is 0.329 e. The molecule has 1 N–H and O–H groups in total. The predicted molar refractivity (Wildman–Crippen MR) is 85.2 cm³/mol. The fourth-order valence-corrected chi connectivity index (χ4v) is 3.22. The molecule has 1 aliphatic heterocycles. The second-order valence-corrected chi connectivity index (χ2v) is 6.14. The van der Waals surface area contributed by atoms with E-state index in [1.807, 2.05) is 6.92 Å². The van der Waals surface area contributed by atoms with Crippen LogP contribution in [0.15, 0.2) is 9.59 Å². The number of likely N-dealkylation sites (tertiary alicyclic amines) is 1. The summed E-state index contributed by atoms with van der Waals surface area (Å²) in [5, 5.41) is 0.198. The summed E-state index contributed by atoms with van der Waals surface area (Å²) in [6, 6.07) is 0. The average Bonchev–Trinajstić information content (AvgIpc) is 2.48. The molecule has 2 rings (SSSR count). The van der Waals surface area contributed by atoms with E-state index in [2.05, 4.69) is 16.8 Å². The number of aromatic nitrogens is 2. The van der Waals surface area contributed by atoms with E-state index in [9.17, 15) is 9.59 Å². The van der Waals surface area contributed by atoms with Crippen LogP contribution >= 0.6 is 11.6 Å². The van der Waals surface area contributed by atoms with Crippen LogP contribution in [0.3, 0.4) is 0 Å².